The molecule has 0 amide bonds. The molecule has 1 N–H and O–H groups in total. The van der Waals surface area contributed by atoms with Gasteiger partial charge in [-0.3, -0.25) is 4.79 Å². The fraction of sp³-hybridized carbons (Fsp3) is 0.278. The van der Waals surface area contributed by atoms with Gasteiger partial charge in [0.25, 0.3) is 0 Å². The maximum atomic E-state index is 11.5. The molecular weight excluding hydrogens is 356 g/mol. The van der Waals surface area contributed by atoms with Crippen LogP contribution in [0.3, 0.4) is 0 Å². The molecule has 3 rings (SSSR count). The first-order valence-corrected chi connectivity index (χ1v) is 9.27. The highest BCUT2D eigenvalue weighted by molar-refractivity contribution is 8.01. The molecule has 0 aliphatic heterocycles. The Labute approximate surface area is 154 Å². The van der Waals surface area contributed by atoms with E-state index in [9.17, 15) is 9.90 Å². The van der Waals surface area contributed by atoms with E-state index in [0.29, 0.717) is 5.03 Å². The summed E-state index contributed by atoms with van der Waals surface area (Å²) in [7, 11) is 1.64. The van der Waals surface area contributed by atoms with Crippen molar-refractivity contribution in [2.75, 3.05) is 7.11 Å². The summed E-state index contributed by atoms with van der Waals surface area (Å²) in [5.41, 5.74) is 2.08. The molecule has 3 aromatic rings. The summed E-state index contributed by atoms with van der Waals surface area (Å²) < 4.78 is 4.25. The van der Waals surface area contributed by atoms with E-state index in [2.05, 4.69) is 9.97 Å². The minimum Gasteiger partial charge on any atom is -0.497 e. The first-order valence-electron chi connectivity index (χ1n) is 7.64. The number of hydrogen-bond donors (Lipinski definition) is 1. The van der Waals surface area contributed by atoms with Crippen LogP contribution < -0.4 is 4.74 Å². The molecule has 2 heterocycles. The van der Waals surface area contributed by atoms with Gasteiger partial charge in [0.05, 0.1) is 12.5 Å². The van der Waals surface area contributed by atoms with Crippen LogP contribution >= 0.6 is 23.1 Å². The number of methoxy groups -OCH3 is 1. The van der Waals surface area contributed by atoms with Crippen LogP contribution in [0.25, 0.3) is 21.3 Å². The van der Waals surface area contributed by atoms with Crippen molar-refractivity contribution < 1.29 is 14.6 Å². The molecule has 0 bridgehead atoms. The van der Waals surface area contributed by atoms with Crippen molar-refractivity contribution in [2.45, 2.75) is 30.5 Å². The fourth-order valence-electron chi connectivity index (χ4n) is 2.49. The van der Waals surface area contributed by atoms with Gasteiger partial charge in [-0.2, -0.15) is 0 Å². The third-order valence-electron chi connectivity index (χ3n) is 3.88. The summed E-state index contributed by atoms with van der Waals surface area (Å²) in [5.74, 6) is -0.0824. The first-order chi connectivity index (χ1) is 11.8. The van der Waals surface area contributed by atoms with Crippen LogP contribution in [0.4, 0.5) is 0 Å². The summed E-state index contributed by atoms with van der Waals surface area (Å²) in [5, 5.41) is 11.0. The van der Waals surface area contributed by atoms with E-state index in [4.69, 9.17) is 4.74 Å². The third kappa shape index (κ3) is 3.34. The molecule has 0 spiro atoms. The summed E-state index contributed by atoms with van der Waals surface area (Å²) in [4.78, 5) is 22.3. The minimum atomic E-state index is -0.978. The number of ether oxygens (including phenoxy) is 1. The van der Waals surface area contributed by atoms with Gasteiger partial charge < -0.3 is 9.84 Å². The summed E-state index contributed by atoms with van der Waals surface area (Å²) >= 11 is 2.83. The van der Waals surface area contributed by atoms with Crippen molar-refractivity contribution >= 4 is 39.3 Å². The lowest BCUT2D eigenvalue weighted by Gasteiger charge is -2.18. The quantitative estimate of drug-likeness (QED) is 0.518. The van der Waals surface area contributed by atoms with Crippen molar-refractivity contribution in [2.24, 2.45) is 0 Å². The van der Waals surface area contributed by atoms with Gasteiger partial charge >= 0.3 is 5.97 Å². The van der Waals surface area contributed by atoms with Crippen molar-refractivity contribution in [1.82, 2.24) is 9.97 Å². The maximum absolute atomic E-state index is 11.5. The monoisotopic (exact) mass is 374 g/mol. The normalized spacial score (nSPS) is 11.7. The van der Waals surface area contributed by atoms with Gasteiger partial charge in [0.1, 0.15) is 26.7 Å². The largest absolute Gasteiger partial charge is 0.497 e. The highest BCUT2D eigenvalue weighted by Crippen LogP contribution is 2.44. The van der Waals surface area contributed by atoms with Crippen molar-refractivity contribution in [3.63, 3.8) is 0 Å². The lowest BCUT2D eigenvalue weighted by Crippen LogP contribution is -2.27. The second kappa shape index (κ2) is 6.65. The number of hydrogen-bond acceptors (Lipinski definition) is 6. The Morgan fingerprint density at radius 2 is 1.92 bits per heavy atom. The molecule has 2 aromatic heterocycles. The lowest BCUT2D eigenvalue weighted by atomic mass is 10.0. The van der Waals surface area contributed by atoms with Crippen LogP contribution in [0.2, 0.25) is 0 Å². The Balaban J connectivity index is 2.18. The number of fused-ring (bicyclic) bond motifs is 1. The smallest absolute Gasteiger partial charge is 0.319 e. The van der Waals surface area contributed by atoms with Crippen LogP contribution in [-0.4, -0.2) is 32.9 Å². The number of aliphatic carboxylic acids is 1. The Morgan fingerprint density at radius 1 is 1.24 bits per heavy atom. The van der Waals surface area contributed by atoms with Gasteiger partial charge in [0.15, 0.2) is 0 Å². The van der Waals surface area contributed by atoms with E-state index < -0.39 is 10.7 Å². The van der Waals surface area contributed by atoms with Crippen molar-refractivity contribution in [3.8, 4) is 16.9 Å². The van der Waals surface area contributed by atoms with Crippen LogP contribution in [0.15, 0.2) is 35.6 Å². The number of carboxylic acid groups (broad SMARTS) is 1. The van der Waals surface area contributed by atoms with E-state index in [1.165, 1.54) is 18.1 Å². The predicted octanol–water partition coefficient (Wildman–Crippen LogP) is 4.63. The molecule has 0 atom stereocenters. The van der Waals surface area contributed by atoms with E-state index in [1.807, 2.05) is 31.2 Å². The molecule has 130 valence electrons. The third-order valence-corrected chi connectivity index (χ3v) is 6.08. The summed E-state index contributed by atoms with van der Waals surface area (Å²) in [6, 6.07) is 7.82. The first kappa shape index (κ1) is 17.7. The number of aromatic nitrogens is 2. The van der Waals surface area contributed by atoms with Crippen molar-refractivity contribution in [1.29, 1.82) is 0 Å². The molecule has 0 aliphatic rings. The van der Waals surface area contributed by atoms with Gasteiger partial charge in [0.2, 0.25) is 0 Å². The standard InChI is InChI=1S/C18H18N2O3S2/c1-10-13(11-5-7-12(23-4)8-6-11)14-15(24-10)19-9-20-16(14)25-18(2,3)17(21)22/h5-9H,1-4H3,(H,21,22). The number of rotatable bonds is 5. The Bertz CT molecular complexity index is 933. The van der Waals surface area contributed by atoms with E-state index >= 15 is 0 Å². The molecule has 7 heteroatoms. The number of nitrogens with zero attached hydrogens (tertiary/aromatic N) is 2. The number of benzene rings is 1. The zero-order valence-corrected chi connectivity index (χ0v) is 16.0. The predicted molar refractivity (Wildman–Crippen MR) is 102 cm³/mol. The molecule has 0 saturated heterocycles. The Kier molecular flexibility index (Phi) is 4.71. The number of aryl methyl sites for hydroxylation is 1. The molecule has 0 aliphatic carbocycles. The number of thiophene rings is 1. The SMILES string of the molecule is COc1ccc(-c2c(C)sc3ncnc(SC(C)(C)C(=O)O)c23)cc1. The molecular formula is C18H18N2O3S2. The second-order valence-electron chi connectivity index (χ2n) is 6.04. The molecule has 5 nitrogen and oxygen atoms in total. The Morgan fingerprint density at radius 3 is 2.52 bits per heavy atom. The molecule has 0 fully saturated rings. The van der Waals surface area contributed by atoms with Gasteiger partial charge in [0, 0.05) is 10.4 Å². The van der Waals surface area contributed by atoms with Crippen LogP contribution in [-0.2, 0) is 4.79 Å². The zero-order chi connectivity index (χ0) is 18.2. The average Bonchev–Trinajstić information content (AvgIpc) is 2.91. The molecule has 0 unspecified atom stereocenters. The van der Waals surface area contributed by atoms with Crippen LogP contribution in [0.5, 0.6) is 5.75 Å². The molecule has 0 radical (unpaired) electrons. The molecule has 0 saturated carbocycles. The van der Waals surface area contributed by atoms with Crippen molar-refractivity contribution in [3.05, 3.63) is 35.5 Å². The van der Waals surface area contributed by atoms with E-state index in [-0.39, 0.29) is 0 Å². The molecule has 25 heavy (non-hydrogen) atoms. The van der Waals surface area contributed by atoms with Crippen LogP contribution in [0.1, 0.15) is 18.7 Å². The number of carboxylic acids is 1. The second-order valence-corrected chi connectivity index (χ2v) is 8.85. The zero-order valence-electron chi connectivity index (χ0n) is 14.4. The minimum absolute atomic E-state index is 0.688. The van der Waals surface area contributed by atoms with Gasteiger partial charge in [-0.1, -0.05) is 23.9 Å². The maximum Gasteiger partial charge on any atom is 0.319 e. The topological polar surface area (TPSA) is 72.3 Å². The Hall–Kier alpha value is -2.12. The highest BCUT2D eigenvalue weighted by Gasteiger charge is 2.31. The van der Waals surface area contributed by atoms with Crippen LogP contribution in [0, 0.1) is 6.92 Å². The average molecular weight is 374 g/mol. The van der Waals surface area contributed by atoms with Gasteiger partial charge in [-0.05, 0) is 38.5 Å². The fourth-order valence-corrected chi connectivity index (χ4v) is 4.53. The van der Waals surface area contributed by atoms with Gasteiger partial charge in [-0.25, -0.2) is 9.97 Å². The number of thioether (sulfide) groups is 1. The lowest BCUT2D eigenvalue weighted by molar-refractivity contribution is -0.138. The van der Waals surface area contributed by atoms with E-state index in [0.717, 1.165) is 32.0 Å². The number of carbonyl (C=O) groups is 1. The van der Waals surface area contributed by atoms with E-state index in [1.54, 1.807) is 32.3 Å². The van der Waals surface area contributed by atoms with Gasteiger partial charge in [-0.15, -0.1) is 11.3 Å². The summed E-state index contributed by atoms with van der Waals surface area (Å²) in [6.07, 6.45) is 1.50. The highest BCUT2D eigenvalue weighted by atomic mass is 32.2. The summed E-state index contributed by atoms with van der Waals surface area (Å²) in [6.45, 7) is 5.41. The molecule has 1 aromatic carbocycles.